The molecule has 0 bridgehead atoms. The highest BCUT2D eigenvalue weighted by Gasteiger charge is 2.15. The monoisotopic (exact) mass is 226 g/mol. The molecule has 1 rings (SSSR count). The molecule has 0 saturated heterocycles. The van der Waals surface area contributed by atoms with Gasteiger partial charge in [-0.25, -0.2) is 0 Å². The second-order valence-electron chi connectivity index (χ2n) is 3.32. The zero-order valence-electron chi connectivity index (χ0n) is 9.00. The smallest absolute Gasteiger partial charge is 0.262 e. The molecule has 15 heavy (non-hydrogen) atoms. The van der Waals surface area contributed by atoms with Crippen LogP contribution in [0.1, 0.15) is 25.8 Å². The standard InChI is InChI=1S/C12H15ClO2/c1-3-9-5-7-10(8-6-9)15-11(4-2)12(13)14/h5-8,11H,3-4H2,1-2H3/t11-/m1/s1. The van der Waals surface area contributed by atoms with Gasteiger partial charge in [0.25, 0.3) is 5.24 Å². The van der Waals surface area contributed by atoms with E-state index in [1.807, 2.05) is 31.2 Å². The Hall–Kier alpha value is -1.02. The molecule has 0 spiro atoms. The minimum absolute atomic E-state index is 0.447. The Kier molecular flexibility index (Phi) is 4.63. The first-order valence-corrected chi connectivity index (χ1v) is 5.50. The van der Waals surface area contributed by atoms with Gasteiger partial charge in [0.15, 0.2) is 6.10 Å². The third-order valence-corrected chi connectivity index (χ3v) is 2.48. The lowest BCUT2D eigenvalue weighted by Crippen LogP contribution is -2.22. The number of hydrogen-bond donors (Lipinski definition) is 0. The van der Waals surface area contributed by atoms with Crippen molar-refractivity contribution in [1.29, 1.82) is 0 Å². The summed E-state index contributed by atoms with van der Waals surface area (Å²) in [7, 11) is 0. The Balaban J connectivity index is 2.67. The van der Waals surface area contributed by atoms with Crippen LogP contribution in [0.5, 0.6) is 5.75 Å². The summed E-state index contributed by atoms with van der Waals surface area (Å²) in [6, 6.07) is 7.70. The minimum Gasteiger partial charge on any atom is -0.481 e. The van der Waals surface area contributed by atoms with E-state index in [-0.39, 0.29) is 0 Å². The molecule has 1 aromatic rings. The van der Waals surface area contributed by atoms with Crippen LogP contribution in [-0.4, -0.2) is 11.3 Å². The fraction of sp³-hybridized carbons (Fsp3) is 0.417. The summed E-state index contributed by atoms with van der Waals surface area (Å²) in [5.74, 6) is 0.688. The predicted octanol–water partition coefficient (Wildman–Crippen LogP) is 3.17. The van der Waals surface area contributed by atoms with Crippen molar-refractivity contribution in [3.8, 4) is 5.75 Å². The first kappa shape index (κ1) is 12.1. The van der Waals surface area contributed by atoms with Crippen LogP contribution in [0.3, 0.4) is 0 Å². The van der Waals surface area contributed by atoms with Crippen molar-refractivity contribution in [2.75, 3.05) is 0 Å². The van der Waals surface area contributed by atoms with Crippen molar-refractivity contribution in [2.24, 2.45) is 0 Å². The van der Waals surface area contributed by atoms with E-state index in [2.05, 4.69) is 6.92 Å². The van der Waals surface area contributed by atoms with Gasteiger partial charge < -0.3 is 4.74 Å². The van der Waals surface area contributed by atoms with Crippen molar-refractivity contribution < 1.29 is 9.53 Å². The molecular weight excluding hydrogens is 212 g/mol. The van der Waals surface area contributed by atoms with Crippen LogP contribution in [0.2, 0.25) is 0 Å². The number of benzene rings is 1. The molecule has 2 nitrogen and oxygen atoms in total. The van der Waals surface area contributed by atoms with Crippen molar-refractivity contribution >= 4 is 16.8 Å². The van der Waals surface area contributed by atoms with Crippen LogP contribution < -0.4 is 4.74 Å². The molecule has 82 valence electrons. The molecule has 0 aromatic heterocycles. The maximum Gasteiger partial charge on any atom is 0.262 e. The van der Waals surface area contributed by atoms with Crippen LogP contribution in [0.15, 0.2) is 24.3 Å². The summed E-state index contributed by atoms with van der Waals surface area (Å²) in [6.45, 7) is 3.96. The predicted molar refractivity (Wildman–Crippen MR) is 61.4 cm³/mol. The number of halogens is 1. The number of rotatable bonds is 5. The van der Waals surface area contributed by atoms with Gasteiger partial charge in [-0.3, -0.25) is 4.79 Å². The summed E-state index contributed by atoms with van der Waals surface area (Å²) in [5, 5.41) is -0.447. The lowest BCUT2D eigenvalue weighted by molar-refractivity contribution is -0.117. The number of hydrogen-bond acceptors (Lipinski definition) is 2. The average Bonchev–Trinajstić information content (AvgIpc) is 2.26. The maximum atomic E-state index is 10.9. The Labute approximate surface area is 95.2 Å². The average molecular weight is 227 g/mol. The number of carbonyl (C=O) groups excluding carboxylic acids is 1. The van der Waals surface area contributed by atoms with Crippen LogP contribution in [0, 0.1) is 0 Å². The minimum atomic E-state index is -0.542. The molecule has 0 N–H and O–H groups in total. The van der Waals surface area contributed by atoms with E-state index in [4.69, 9.17) is 16.3 Å². The van der Waals surface area contributed by atoms with Gasteiger partial charge >= 0.3 is 0 Å². The van der Waals surface area contributed by atoms with Gasteiger partial charge in [-0.15, -0.1) is 0 Å². The Morgan fingerprint density at radius 1 is 1.33 bits per heavy atom. The molecule has 0 saturated carbocycles. The highest BCUT2D eigenvalue weighted by Crippen LogP contribution is 2.16. The van der Waals surface area contributed by atoms with E-state index in [0.717, 1.165) is 6.42 Å². The van der Waals surface area contributed by atoms with E-state index in [1.54, 1.807) is 0 Å². The quantitative estimate of drug-likeness (QED) is 0.721. The molecule has 0 unspecified atom stereocenters. The summed E-state index contributed by atoms with van der Waals surface area (Å²) in [4.78, 5) is 10.9. The van der Waals surface area contributed by atoms with Gasteiger partial charge in [0.1, 0.15) is 5.75 Å². The van der Waals surface area contributed by atoms with E-state index in [1.165, 1.54) is 5.56 Å². The third-order valence-electron chi connectivity index (χ3n) is 2.23. The summed E-state index contributed by atoms with van der Waals surface area (Å²) in [6.07, 6.45) is 1.03. The van der Waals surface area contributed by atoms with E-state index >= 15 is 0 Å². The second kappa shape index (κ2) is 5.76. The highest BCUT2D eigenvalue weighted by molar-refractivity contribution is 6.64. The Morgan fingerprint density at radius 2 is 1.93 bits per heavy atom. The highest BCUT2D eigenvalue weighted by atomic mass is 35.5. The molecule has 1 atom stereocenters. The van der Waals surface area contributed by atoms with E-state index in [9.17, 15) is 4.79 Å². The molecule has 0 radical (unpaired) electrons. The topological polar surface area (TPSA) is 26.3 Å². The summed E-state index contributed by atoms with van der Waals surface area (Å²) < 4.78 is 5.44. The molecule has 1 aromatic carbocycles. The molecule has 0 aliphatic carbocycles. The molecule has 0 heterocycles. The van der Waals surface area contributed by atoms with Crippen LogP contribution in [0.4, 0.5) is 0 Å². The van der Waals surface area contributed by atoms with Gasteiger partial charge in [-0.1, -0.05) is 26.0 Å². The van der Waals surface area contributed by atoms with Crippen LogP contribution >= 0.6 is 11.6 Å². The third kappa shape index (κ3) is 3.56. The van der Waals surface area contributed by atoms with Crippen molar-refractivity contribution in [3.63, 3.8) is 0 Å². The second-order valence-corrected chi connectivity index (χ2v) is 3.69. The Morgan fingerprint density at radius 3 is 2.33 bits per heavy atom. The molecule has 0 fully saturated rings. The number of ether oxygens (including phenoxy) is 1. The fourth-order valence-electron chi connectivity index (χ4n) is 1.26. The lowest BCUT2D eigenvalue weighted by atomic mass is 10.2. The van der Waals surface area contributed by atoms with Crippen molar-refractivity contribution in [1.82, 2.24) is 0 Å². The van der Waals surface area contributed by atoms with E-state index in [0.29, 0.717) is 12.2 Å². The zero-order valence-corrected chi connectivity index (χ0v) is 9.75. The SMILES string of the molecule is CCc1ccc(O[C@H](CC)C(=O)Cl)cc1. The van der Waals surface area contributed by atoms with Gasteiger partial charge in [0.05, 0.1) is 0 Å². The van der Waals surface area contributed by atoms with Crippen LogP contribution in [-0.2, 0) is 11.2 Å². The van der Waals surface area contributed by atoms with E-state index < -0.39 is 11.3 Å². The zero-order chi connectivity index (χ0) is 11.3. The van der Waals surface area contributed by atoms with Crippen LogP contribution in [0.25, 0.3) is 0 Å². The summed E-state index contributed by atoms with van der Waals surface area (Å²) >= 11 is 5.39. The van der Waals surface area contributed by atoms with Gasteiger partial charge in [-0.05, 0) is 42.1 Å². The van der Waals surface area contributed by atoms with Gasteiger partial charge in [0.2, 0.25) is 0 Å². The largest absolute Gasteiger partial charge is 0.481 e. The molecule has 3 heteroatoms. The number of aryl methyl sites for hydroxylation is 1. The summed E-state index contributed by atoms with van der Waals surface area (Å²) in [5.41, 5.74) is 1.24. The fourth-order valence-corrected chi connectivity index (χ4v) is 1.46. The molecular formula is C12H15ClO2. The lowest BCUT2D eigenvalue weighted by Gasteiger charge is -2.13. The maximum absolute atomic E-state index is 10.9. The first-order valence-electron chi connectivity index (χ1n) is 5.12. The Bertz CT molecular complexity index is 319. The van der Waals surface area contributed by atoms with Gasteiger partial charge in [-0.2, -0.15) is 0 Å². The van der Waals surface area contributed by atoms with Gasteiger partial charge in [0, 0.05) is 0 Å². The first-order chi connectivity index (χ1) is 7.17. The van der Waals surface area contributed by atoms with Crippen molar-refractivity contribution in [3.05, 3.63) is 29.8 Å². The normalized spacial score (nSPS) is 12.2. The molecule has 0 aliphatic heterocycles. The number of carbonyl (C=O) groups is 1. The molecule has 0 amide bonds. The molecule has 0 aliphatic rings. The van der Waals surface area contributed by atoms with Crippen molar-refractivity contribution in [2.45, 2.75) is 32.8 Å².